The molecule has 0 heterocycles. The van der Waals surface area contributed by atoms with Crippen molar-refractivity contribution in [3.8, 4) is 5.75 Å². The molecule has 0 aliphatic heterocycles. The second-order valence-electron chi connectivity index (χ2n) is 4.59. The van der Waals surface area contributed by atoms with Crippen molar-refractivity contribution in [2.24, 2.45) is 5.10 Å². The summed E-state index contributed by atoms with van der Waals surface area (Å²) >= 11 is 0. The van der Waals surface area contributed by atoms with Crippen LogP contribution < -0.4 is 5.43 Å². The van der Waals surface area contributed by atoms with Crippen molar-refractivity contribution >= 4 is 12.1 Å². The highest BCUT2D eigenvalue weighted by molar-refractivity contribution is 5.82. The summed E-state index contributed by atoms with van der Waals surface area (Å²) in [6.45, 7) is -0.0151. The SMILES string of the molecule is O=C(COC1=CCCCC1)N/N=C/c1ccc(O)cc1. The van der Waals surface area contributed by atoms with Gasteiger partial charge in [-0.05, 0) is 55.2 Å². The number of phenolic OH excluding ortho intramolecular Hbond substituents is 1. The van der Waals surface area contributed by atoms with Gasteiger partial charge in [-0.25, -0.2) is 5.43 Å². The number of nitrogens with one attached hydrogen (secondary N) is 1. The number of phenols is 1. The molecule has 2 rings (SSSR count). The molecule has 0 saturated heterocycles. The van der Waals surface area contributed by atoms with Crippen molar-refractivity contribution in [2.45, 2.75) is 25.7 Å². The van der Waals surface area contributed by atoms with E-state index < -0.39 is 0 Å². The molecule has 0 bridgehead atoms. The van der Waals surface area contributed by atoms with E-state index in [1.165, 1.54) is 12.6 Å². The number of amides is 1. The Morgan fingerprint density at radius 3 is 2.85 bits per heavy atom. The van der Waals surface area contributed by atoms with Crippen molar-refractivity contribution in [3.63, 3.8) is 0 Å². The van der Waals surface area contributed by atoms with Gasteiger partial charge in [0, 0.05) is 6.42 Å². The zero-order valence-corrected chi connectivity index (χ0v) is 11.2. The first-order valence-electron chi connectivity index (χ1n) is 6.67. The van der Waals surface area contributed by atoms with Crippen LogP contribution in [0.4, 0.5) is 0 Å². The molecule has 2 N–H and O–H groups in total. The molecular formula is C15H18N2O3. The number of hydrogen-bond acceptors (Lipinski definition) is 4. The third-order valence-corrected chi connectivity index (χ3v) is 2.93. The van der Waals surface area contributed by atoms with Crippen LogP contribution in [0.15, 0.2) is 41.2 Å². The smallest absolute Gasteiger partial charge is 0.277 e. The Kier molecular flexibility index (Phi) is 5.17. The first kappa shape index (κ1) is 14.1. The van der Waals surface area contributed by atoms with E-state index in [0.717, 1.165) is 30.6 Å². The quantitative estimate of drug-likeness (QED) is 0.639. The van der Waals surface area contributed by atoms with Crippen LogP contribution >= 0.6 is 0 Å². The number of hydrogen-bond donors (Lipinski definition) is 2. The number of carbonyl (C=O) groups is 1. The summed E-state index contributed by atoms with van der Waals surface area (Å²) in [6.07, 6.45) is 7.79. The van der Waals surface area contributed by atoms with Crippen LogP contribution in [0.25, 0.3) is 0 Å². The number of allylic oxidation sites excluding steroid dienone is 2. The number of ether oxygens (including phenoxy) is 1. The molecule has 0 radical (unpaired) electrons. The summed E-state index contributed by atoms with van der Waals surface area (Å²) < 4.78 is 5.41. The van der Waals surface area contributed by atoms with E-state index in [9.17, 15) is 4.79 Å². The van der Waals surface area contributed by atoms with E-state index in [4.69, 9.17) is 9.84 Å². The summed E-state index contributed by atoms with van der Waals surface area (Å²) in [4.78, 5) is 11.5. The lowest BCUT2D eigenvalue weighted by atomic mass is 10.1. The Balaban J connectivity index is 1.71. The van der Waals surface area contributed by atoms with Crippen LogP contribution in [0.3, 0.4) is 0 Å². The highest BCUT2D eigenvalue weighted by atomic mass is 16.5. The number of hydrazone groups is 1. The fourth-order valence-corrected chi connectivity index (χ4v) is 1.87. The van der Waals surface area contributed by atoms with Crippen LogP contribution in [0.1, 0.15) is 31.2 Å². The molecule has 106 valence electrons. The van der Waals surface area contributed by atoms with Gasteiger partial charge in [-0.15, -0.1) is 0 Å². The minimum absolute atomic E-state index is 0.0151. The van der Waals surface area contributed by atoms with E-state index in [-0.39, 0.29) is 18.3 Å². The van der Waals surface area contributed by atoms with Gasteiger partial charge in [0.05, 0.1) is 12.0 Å². The zero-order chi connectivity index (χ0) is 14.2. The molecule has 20 heavy (non-hydrogen) atoms. The van der Waals surface area contributed by atoms with Crippen molar-refractivity contribution in [1.29, 1.82) is 0 Å². The van der Waals surface area contributed by atoms with Crippen LogP contribution in [0.5, 0.6) is 5.75 Å². The minimum Gasteiger partial charge on any atom is -0.508 e. The van der Waals surface area contributed by atoms with Crippen LogP contribution in [0.2, 0.25) is 0 Å². The average molecular weight is 274 g/mol. The highest BCUT2D eigenvalue weighted by Gasteiger charge is 2.06. The van der Waals surface area contributed by atoms with Gasteiger partial charge in [-0.1, -0.05) is 0 Å². The van der Waals surface area contributed by atoms with E-state index >= 15 is 0 Å². The topological polar surface area (TPSA) is 70.9 Å². The summed E-state index contributed by atoms with van der Waals surface area (Å²) in [5, 5.41) is 13.0. The summed E-state index contributed by atoms with van der Waals surface area (Å²) in [6, 6.07) is 6.52. The maximum absolute atomic E-state index is 11.5. The number of carbonyl (C=O) groups excluding carboxylic acids is 1. The minimum atomic E-state index is -0.286. The van der Waals surface area contributed by atoms with Crippen molar-refractivity contribution in [2.75, 3.05) is 6.61 Å². The second kappa shape index (κ2) is 7.33. The van der Waals surface area contributed by atoms with E-state index in [1.54, 1.807) is 24.3 Å². The molecule has 1 aromatic rings. The van der Waals surface area contributed by atoms with Crippen molar-refractivity contribution in [3.05, 3.63) is 41.7 Å². The van der Waals surface area contributed by atoms with E-state index in [2.05, 4.69) is 10.5 Å². The molecule has 5 heteroatoms. The monoisotopic (exact) mass is 274 g/mol. The molecule has 0 unspecified atom stereocenters. The van der Waals surface area contributed by atoms with Crippen LogP contribution in [-0.4, -0.2) is 23.8 Å². The maximum atomic E-state index is 11.5. The Morgan fingerprint density at radius 1 is 1.35 bits per heavy atom. The Hall–Kier alpha value is -2.30. The normalized spacial score (nSPS) is 14.9. The van der Waals surface area contributed by atoms with Gasteiger partial charge in [-0.3, -0.25) is 4.79 Å². The fraction of sp³-hybridized carbons (Fsp3) is 0.333. The largest absolute Gasteiger partial charge is 0.508 e. The molecule has 1 aromatic carbocycles. The third kappa shape index (κ3) is 4.76. The average Bonchev–Trinajstić information content (AvgIpc) is 2.48. The molecule has 0 atom stereocenters. The highest BCUT2D eigenvalue weighted by Crippen LogP contribution is 2.17. The molecule has 1 aliphatic carbocycles. The summed E-state index contributed by atoms with van der Waals surface area (Å²) in [7, 11) is 0. The number of benzene rings is 1. The number of aromatic hydroxyl groups is 1. The van der Waals surface area contributed by atoms with E-state index in [1.807, 2.05) is 6.08 Å². The Labute approximate surface area is 118 Å². The van der Waals surface area contributed by atoms with Crippen molar-refractivity contribution < 1.29 is 14.6 Å². The van der Waals surface area contributed by atoms with Gasteiger partial charge in [0.15, 0.2) is 6.61 Å². The first-order valence-corrected chi connectivity index (χ1v) is 6.67. The second-order valence-corrected chi connectivity index (χ2v) is 4.59. The van der Waals surface area contributed by atoms with Gasteiger partial charge in [0.2, 0.25) is 0 Å². The third-order valence-electron chi connectivity index (χ3n) is 2.93. The molecule has 0 fully saturated rings. The molecule has 1 aliphatic rings. The molecule has 0 aromatic heterocycles. The number of rotatable bonds is 5. The van der Waals surface area contributed by atoms with Crippen LogP contribution in [-0.2, 0) is 9.53 Å². The van der Waals surface area contributed by atoms with E-state index in [0.29, 0.717) is 0 Å². The van der Waals surface area contributed by atoms with Crippen molar-refractivity contribution in [1.82, 2.24) is 5.43 Å². The number of nitrogens with zero attached hydrogens (tertiary/aromatic N) is 1. The zero-order valence-electron chi connectivity index (χ0n) is 11.2. The summed E-state index contributed by atoms with van der Waals surface area (Å²) in [5.41, 5.74) is 3.19. The fourth-order valence-electron chi connectivity index (χ4n) is 1.87. The molecule has 1 amide bonds. The Morgan fingerprint density at radius 2 is 2.15 bits per heavy atom. The predicted octanol–water partition coefficient (Wildman–Crippen LogP) is 2.32. The van der Waals surface area contributed by atoms with Gasteiger partial charge < -0.3 is 9.84 Å². The first-order chi connectivity index (χ1) is 9.74. The standard InChI is InChI=1S/C15H18N2O3/c18-13-8-6-12(7-9-13)10-16-17-15(19)11-20-14-4-2-1-3-5-14/h4,6-10,18H,1-3,5,11H2,(H,17,19)/b16-10+. The molecular weight excluding hydrogens is 256 g/mol. The summed E-state index contributed by atoms with van der Waals surface area (Å²) in [5.74, 6) is 0.806. The lowest BCUT2D eigenvalue weighted by Gasteiger charge is -2.13. The van der Waals surface area contributed by atoms with Gasteiger partial charge in [0.25, 0.3) is 5.91 Å². The predicted molar refractivity (Wildman–Crippen MR) is 76.3 cm³/mol. The Bertz CT molecular complexity index is 506. The van der Waals surface area contributed by atoms with Gasteiger partial charge >= 0.3 is 0 Å². The van der Waals surface area contributed by atoms with Crippen LogP contribution in [0, 0.1) is 0 Å². The van der Waals surface area contributed by atoms with Gasteiger partial charge in [-0.2, -0.15) is 5.10 Å². The lowest BCUT2D eigenvalue weighted by Crippen LogP contribution is -2.23. The maximum Gasteiger partial charge on any atom is 0.277 e. The lowest BCUT2D eigenvalue weighted by molar-refractivity contribution is -0.124. The molecule has 0 saturated carbocycles. The van der Waals surface area contributed by atoms with Gasteiger partial charge in [0.1, 0.15) is 5.75 Å². The molecule has 0 spiro atoms. The molecule has 5 nitrogen and oxygen atoms in total.